The molecule has 2 rings (SSSR count). The zero-order valence-electron chi connectivity index (χ0n) is 13.2. The molecule has 0 aliphatic carbocycles. The van der Waals surface area contributed by atoms with Crippen LogP contribution in [0, 0.1) is 3.57 Å². The maximum Gasteiger partial charge on any atom is 0.355 e. The van der Waals surface area contributed by atoms with Crippen molar-refractivity contribution >= 4 is 56.1 Å². The molecule has 0 fully saturated rings. The fourth-order valence-electron chi connectivity index (χ4n) is 2.29. The van der Waals surface area contributed by atoms with Crippen LogP contribution in [-0.4, -0.2) is 46.6 Å². The molecule has 1 aliphatic rings. The van der Waals surface area contributed by atoms with Crippen LogP contribution in [0.2, 0.25) is 0 Å². The maximum absolute atomic E-state index is 12.3. The third kappa shape index (κ3) is 3.52. The normalized spacial score (nSPS) is 14.5. The molecule has 0 saturated heterocycles. The van der Waals surface area contributed by atoms with Gasteiger partial charge in [-0.15, -0.1) is 0 Å². The average molecular weight is 512 g/mol. The highest BCUT2D eigenvalue weighted by Gasteiger charge is 2.35. The predicted molar refractivity (Wildman–Crippen MR) is 97.8 cm³/mol. The zero-order valence-corrected chi connectivity index (χ0v) is 17.0. The van der Waals surface area contributed by atoms with Crippen LogP contribution in [0.25, 0.3) is 0 Å². The molecule has 0 amide bonds. The lowest BCUT2D eigenvalue weighted by atomic mass is 10.1. The Morgan fingerprint density at radius 1 is 1.21 bits per heavy atom. The van der Waals surface area contributed by atoms with Gasteiger partial charge < -0.3 is 23.8 Å². The Morgan fingerprint density at radius 3 is 2.46 bits per heavy atom. The number of anilines is 1. The van der Waals surface area contributed by atoms with Crippen molar-refractivity contribution in [3.05, 3.63) is 31.4 Å². The lowest BCUT2D eigenvalue weighted by Gasteiger charge is -2.33. The molecule has 0 saturated carbocycles. The van der Waals surface area contributed by atoms with E-state index in [9.17, 15) is 9.59 Å². The minimum absolute atomic E-state index is 0.0442. The van der Waals surface area contributed by atoms with Crippen molar-refractivity contribution in [3.63, 3.8) is 0 Å². The number of methoxy groups -OCH3 is 3. The summed E-state index contributed by atoms with van der Waals surface area (Å²) in [6, 6.07) is 3.68. The molecule has 9 heteroatoms. The van der Waals surface area contributed by atoms with E-state index in [4.69, 9.17) is 18.9 Å². The zero-order chi connectivity index (χ0) is 17.9. The summed E-state index contributed by atoms with van der Waals surface area (Å²) in [5.41, 5.74) is 0.714. The van der Waals surface area contributed by atoms with Crippen molar-refractivity contribution in [1.29, 1.82) is 0 Å². The van der Waals surface area contributed by atoms with Gasteiger partial charge in [0.2, 0.25) is 0 Å². The minimum atomic E-state index is -0.661. The van der Waals surface area contributed by atoms with E-state index in [-0.39, 0.29) is 24.6 Å². The summed E-state index contributed by atoms with van der Waals surface area (Å²) in [7, 11) is 4.02. The van der Waals surface area contributed by atoms with E-state index in [1.165, 1.54) is 26.2 Å². The van der Waals surface area contributed by atoms with Crippen LogP contribution < -0.4 is 9.64 Å². The van der Waals surface area contributed by atoms with Crippen LogP contribution in [0.1, 0.15) is 0 Å². The highest BCUT2D eigenvalue weighted by Crippen LogP contribution is 2.42. The van der Waals surface area contributed by atoms with Crippen molar-refractivity contribution < 1.29 is 28.5 Å². The lowest BCUT2D eigenvalue weighted by molar-refractivity contribution is -0.140. The summed E-state index contributed by atoms with van der Waals surface area (Å²) in [5, 5.41) is 0. The molecule has 0 N–H and O–H groups in total. The third-order valence-electron chi connectivity index (χ3n) is 3.34. The van der Waals surface area contributed by atoms with E-state index in [0.29, 0.717) is 15.9 Å². The fraction of sp³-hybridized carbons (Fsp3) is 0.333. The summed E-state index contributed by atoms with van der Waals surface area (Å²) in [5.74, 6) is -0.770. The molecule has 0 radical (unpaired) electrons. The van der Waals surface area contributed by atoms with Gasteiger partial charge in [0.1, 0.15) is 18.1 Å². The topological polar surface area (TPSA) is 74.3 Å². The van der Waals surface area contributed by atoms with Crippen LogP contribution in [-0.2, 0) is 23.8 Å². The largest absolute Gasteiger partial charge is 0.493 e. The van der Waals surface area contributed by atoms with Gasteiger partial charge in [-0.1, -0.05) is 0 Å². The van der Waals surface area contributed by atoms with Gasteiger partial charge in [-0.2, -0.15) is 0 Å². The molecule has 1 aliphatic heterocycles. The van der Waals surface area contributed by atoms with E-state index in [2.05, 4.69) is 38.5 Å². The molecule has 7 nitrogen and oxygen atoms in total. The molecule has 0 atom stereocenters. The Hall–Kier alpha value is -1.33. The Bertz CT molecular complexity index is 705. The fourth-order valence-corrected chi connectivity index (χ4v) is 3.47. The minimum Gasteiger partial charge on any atom is -0.493 e. The first-order chi connectivity index (χ1) is 11.5. The van der Waals surface area contributed by atoms with E-state index in [1.54, 1.807) is 0 Å². The molecule has 0 unspecified atom stereocenters. The van der Waals surface area contributed by atoms with E-state index >= 15 is 0 Å². The number of esters is 2. The molecular formula is C15H15BrINO6. The molecular weight excluding hydrogens is 497 g/mol. The van der Waals surface area contributed by atoms with Gasteiger partial charge in [0, 0.05) is 4.47 Å². The first-order valence-electron chi connectivity index (χ1n) is 6.73. The molecule has 1 aromatic rings. The van der Waals surface area contributed by atoms with Gasteiger partial charge in [-0.25, -0.2) is 9.59 Å². The van der Waals surface area contributed by atoms with Crippen LogP contribution in [0.3, 0.4) is 0 Å². The van der Waals surface area contributed by atoms with Gasteiger partial charge in [-0.3, -0.25) is 0 Å². The van der Waals surface area contributed by atoms with Crippen molar-refractivity contribution in [2.24, 2.45) is 0 Å². The Kier molecular flexibility index (Phi) is 6.47. The first-order valence-corrected chi connectivity index (χ1v) is 8.60. The number of hydrogen-bond acceptors (Lipinski definition) is 7. The molecule has 0 bridgehead atoms. The molecule has 0 spiro atoms. The van der Waals surface area contributed by atoms with Gasteiger partial charge in [-0.05, 0) is 50.7 Å². The van der Waals surface area contributed by atoms with Crippen molar-refractivity contribution in [3.8, 4) is 5.75 Å². The number of benzene rings is 1. The summed E-state index contributed by atoms with van der Waals surface area (Å²) < 4.78 is 22.1. The monoisotopic (exact) mass is 511 g/mol. The standard InChI is InChI=1S/C15H15BrINO6/c1-21-13-10(17)5-4-9(16)12(13)18-7-24-6-8(14(19)22-2)11(18)15(20)23-3/h4-5H,6-7H2,1-3H3. The molecule has 0 aromatic heterocycles. The van der Waals surface area contributed by atoms with E-state index < -0.39 is 11.9 Å². The van der Waals surface area contributed by atoms with Gasteiger partial charge in [0.25, 0.3) is 0 Å². The summed E-state index contributed by atoms with van der Waals surface area (Å²) in [6.07, 6.45) is 0. The maximum atomic E-state index is 12.3. The van der Waals surface area contributed by atoms with Crippen molar-refractivity contribution in [2.45, 2.75) is 0 Å². The quantitative estimate of drug-likeness (QED) is 0.454. The Morgan fingerprint density at radius 2 is 1.88 bits per heavy atom. The predicted octanol–water partition coefficient (Wildman–Crippen LogP) is 2.46. The second-order valence-electron chi connectivity index (χ2n) is 4.63. The molecule has 1 aromatic carbocycles. The molecule has 1 heterocycles. The van der Waals surface area contributed by atoms with Gasteiger partial charge in [0.05, 0.1) is 37.1 Å². The second kappa shape index (κ2) is 8.17. The number of ether oxygens (including phenoxy) is 4. The first kappa shape index (κ1) is 19.0. The smallest absolute Gasteiger partial charge is 0.355 e. The molecule has 24 heavy (non-hydrogen) atoms. The number of carbonyl (C=O) groups is 2. The van der Waals surface area contributed by atoms with Crippen LogP contribution in [0.4, 0.5) is 5.69 Å². The number of rotatable bonds is 4. The third-order valence-corrected chi connectivity index (χ3v) is 4.83. The highest BCUT2D eigenvalue weighted by molar-refractivity contribution is 14.1. The van der Waals surface area contributed by atoms with Crippen LogP contribution in [0.15, 0.2) is 27.9 Å². The lowest BCUT2D eigenvalue weighted by Crippen LogP contribution is -2.39. The number of hydrogen-bond donors (Lipinski definition) is 0. The average Bonchev–Trinajstić information content (AvgIpc) is 2.61. The van der Waals surface area contributed by atoms with Gasteiger partial charge in [0.15, 0.2) is 5.75 Å². The van der Waals surface area contributed by atoms with E-state index in [1.807, 2.05) is 12.1 Å². The Balaban J connectivity index is 2.71. The number of nitrogens with zero attached hydrogens (tertiary/aromatic N) is 1. The number of halogens is 2. The number of carbonyl (C=O) groups excluding carboxylic acids is 2. The van der Waals surface area contributed by atoms with Crippen LogP contribution >= 0.6 is 38.5 Å². The van der Waals surface area contributed by atoms with Crippen LogP contribution in [0.5, 0.6) is 5.75 Å². The highest BCUT2D eigenvalue weighted by atomic mass is 127. The van der Waals surface area contributed by atoms with Crippen molar-refractivity contribution in [2.75, 3.05) is 39.6 Å². The van der Waals surface area contributed by atoms with Gasteiger partial charge >= 0.3 is 11.9 Å². The SMILES string of the molecule is COC(=O)C1=C(C(=O)OC)N(c2c(Br)ccc(I)c2OC)COC1. The summed E-state index contributed by atoms with van der Waals surface area (Å²) >= 11 is 5.58. The summed E-state index contributed by atoms with van der Waals surface area (Å²) in [6.45, 7) is 0.0114. The summed E-state index contributed by atoms with van der Waals surface area (Å²) in [4.78, 5) is 25.9. The van der Waals surface area contributed by atoms with E-state index in [0.717, 1.165) is 3.57 Å². The van der Waals surface area contributed by atoms with Crippen molar-refractivity contribution in [1.82, 2.24) is 0 Å². The Labute approximate surface area is 161 Å². The molecule has 130 valence electrons. The second-order valence-corrected chi connectivity index (χ2v) is 6.64.